The van der Waals surface area contributed by atoms with E-state index in [2.05, 4.69) is 6.92 Å². The fourth-order valence-electron chi connectivity index (χ4n) is 1.70. The first-order valence-electron chi connectivity index (χ1n) is 6.70. The van der Waals surface area contributed by atoms with Gasteiger partial charge >= 0.3 is 11.9 Å². The molecule has 0 bridgehead atoms. The molecule has 0 saturated carbocycles. The molecule has 18 heavy (non-hydrogen) atoms. The lowest BCUT2D eigenvalue weighted by molar-refractivity contribution is -0.154. The summed E-state index contributed by atoms with van der Waals surface area (Å²) < 4.78 is 0. The predicted octanol–water partition coefficient (Wildman–Crippen LogP) is 3.47. The van der Waals surface area contributed by atoms with Crippen LogP contribution >= 0.6 is 0 Å². The van der Waals surface area contributed by atoms with Gasteiger partial charge in [-0.25, -0.2) is 0 Å². The molecule has 0 aromatic heterocycles. The number of aliphatic carboxylic acids is 2. The van der Waals surface area contributed by atoms with Crippen LogP contribution in [0.2, 0.25) is 0 Å². The first-order chi connectivity index (χ1) is 8.59. The zero-order valence-electron chi connectivity index (χ0n) is 11.1. The van der Waals surface area contributed by atoms with Gasteiger partial charge < -0.3 is 10.2 Å². The van der Waals surface area contributed by atoms with Crippen LogP contribution in [-0.4, -0.2) is 22.2 Å². The Bertz CT molecular complexity index is 257. The maximum Gasteiger partial charge on any atom is 0.318 e. The van der Waals surface area contributed by atoms with Crippen LogP contribution in [0, 0.1) is 5.92 Å². The van der Waals surface area contributed by atoms with Gasteiger partial charge in [-0.2, -0.15) is 0 Å². The monoisotopic (exact) mass is 256 g/mol. The van der Waals surface area contributed by atoms with Crippen molar-refractivity contribution in [3.05, 3.63) is 12.2 Å². The van der Waals surface area contributed by atoms with Gasteiger partial charge in [-0.3, -0.25) is 9.59 Å². The van der Waals surface area contributed by atoms with Crippen molar-refractivity contribution in [3.8, 4) is 0 Å². The molecule has 0 unspecified atom stereocenters. The van der Waals surface area contributed by atoms with E-state index in [1.165, 1.54) is 32.1 Å². The third-order valence-corrected chi connectivity index (χ3v) is 2.86. The molecule has 0 aliphatic heterocycles. The Labute approximate surface area is 109 Å². The lowest BCUT2D eigenvalue weighted by Gasteiger charge is -2.02. The van der Waals surface area contributed by atoms with Gasteiger partial charge in [-0.15, -0.1) is 0 Å². The number of hydrogen-bond donors (Lipinski definition) is 2. The molecule has 4 heteroatoms. The first-order valence-corrected chi connectivity index (χ1v) is 6.70. The van der Waals surface area contributed by atoms with Crippen LogP contribution in [0.15, 0.2) is 12.2 Å². The van der Waals surface area contributed by atoms with Crippen LogP contribution in [0.5, 0.6) is 0 Å². The maximum absolute atomic E-state index is 10.6. The van der Waals surface area contributed by atoms with Crippen molar-refractivity contribution < 1.29 is 19.8 Å². The summed E-state index contributed by atoms with van der Waals surface area (Å²) in [7, 11) is 0. The molecular weight excluding hydrogens is 232 g/mol. The minimum atomic E-state index is -1.31. The number of unbranched alkanes of at least 4 members (excludes halogenated alkanes) is 6. The third kappa shape index (κ3) is 8.79. The molecule has 0 aromatic carbocycles. The molecule has 0 aromatic rings. The Balaban J connectivity index is 3.58. The highest BCUT2D eigenvalue weighted by atomic mass is 16.4. The lowest BCUT2D eigenvalue weighted by Crippen LogP contribution is -2.22. The molecule has 0 heterocycles. The van der Waals surface area contributed by atoms with Gasteiger partial charge in [0.15, 0.2) is 5.92 Å². The van der Waals surface area contributed by atoms with Crippen molar-refractivity contribution in [2.45, 2.75) is 58.3 Å². The van der Waals surface area contributed by atoms with Gasteiger partial charge in [0.2, 0.25) is 0 Å². The van der Waals surface area contributed by atoms with Gasteiger partial charge in [0.05, 0.1) is 0 Å². The summed E-state index contributed by atoms with van der Waals surface area (Å²) in [5.41, 5.74) is 0. The largest absolute Gasteiger partial charge is 0.481 e. The van der Waals surface area contributed by atoms with E-state index in [9.17, 15) is 9.59 Å². The van der Waals surface area contributed by atoms with Crippen molar-refractivity contribution in [2.75, 3.05) is 0 Å². The van der Waals surface area contributed by atoms with Gasteiger partial charge in [-0.05, 0) is 19.3 Å². The van der Waals surface area contributed by atoms with Gasteiger partial charge in [0.1, 0.15) is 0 Å². The zero-order valence-corrected chi connectivity index (χ0v) is 11.1. The Morgan fingerprint density at radius 3 is 2.06 bits per heavy atom. The maximum atomic E-state index is 10.6. The van der Waals surface area contributed by atoms with Crippen LogP contribution in [0.3, 0.4) is 0 Å². The molecule has 0 fully saturated rings. The van der Waals surface area contributed by atoms with Crippen molar-refractivity contribution in [1.29, 1.82) is 0 Å². The second kappa shape index (κ2) is 10.8. The molecule has 104 valence electrons. The number of carboxylic acid groups (broad SMARTS) is 2. The van der Waals surface area contributed by atoms with Gasteiger partial charge in [0.25, 0.3) is 0 Å². The van der Waals surface area contributed by atoms with Crippen molar-refractivity contribution >= 4 is 11.9 Å². The molecule has 0 radical (unpaired) electrons. The Hall–Kier alpha value is -1.32. The SMILES string of the molecule is CCCCCCCCC=CCC(C(=O)O)C(=O)O. The zero-order chi connectivity index (χ0) is 13.8. The highest BCUT2D eigenvalue weighted by molar-refractivity contribution is 5.92. The minimum Gasteiger partial charge on any atom is -0.481 e. The molecule has 4 nitrogen and oxygen atoms in total. The fraction of sp³-hybridized carbons (Fsp3) is 0.714. The number of hydrogen-bond acceptors (Lipinski definition) is 2. The Morgan fingerprint density at radius 1 is 0.944 bits per heavy atom. The summed E-state index contributed by atoms with van der Waals surface area (Å²) in [6, 6.07) is 0. The quantitative estimate of drug-likeness (QED) is 0.337. The average Bonchev–Trinajstić information content (AvgIpc) is 2.30. The van der Waals surface area contributed by atoms with Crippen LogP contribution < -0.4 is 0 Å². The molecular formula is C14H24O4. The number of rotatable bonds is 11. The van der Waals surface area contributed by atoms with Crippen LogP contribution in [-0.2, 0) is 9.59 Å². The topological polar surface area (TPSA) is 74.6 Å². The van der Waals surface area contributed by atoms with E-state index in [4.69, 9.17) is 10.2 Å². The van der Waals surface area contributed by atoms with Crippen molar-refractivity contribution in [2.24, 2.45) is 5.92 Å². The van der Waals surface area contributed by atoms with E-state index < -0.39 is 17.9 Å². The molecule has 2 N–H and O–H groups in total. The highest BCUT2D eigenvalue weighted by Gasteiger charge is 2.23. The normalized spacial score (nSPS) is 11.2. The van der Waals surface area contributed by atoms with E-state index in [1.807, 2.05) is 6.08 Å². The second-order valence-corrected chi connectivity index (χ2v) is 4.49. The summed E-state index contributed by atoms with van der Waals surface area (Å²) in [6.07, 6.45) is 11.8. The van der Waals surface area contributed by atoms with E-state index in [0.717, 1.165) is 12.8 Å². The molecule has 0 aliphatic rings. The molecule has 0 aliphatic carbocycles. The lowest BCUT2D eigenvalue weighted by atomic mass is 10.1. The van der Waals surface area contributed by atoms with Crippen molar-refractivity contribution in [1.82, 2.24) is 0 Å². The molecule has 0 spiro atoms. The molecule has 0 amide bonds. The van der Waals surface area contributed by atoms with Gasteiger partial charge in [0, 0.05) is 0 Å². The summed E-state index contributed by atoms with van der Waals surface area (Å²) in [5, 5.41) is 17.3. The van der Waals surface area contributed by atoms with Gasteiger partial charge in [-0.1, -0.05) is 51.2 Å². The van der Waals surface area contributed by atoms with Crippen molar-refractivity contribution in [3.63, 3.8) is 0 Å². The predicted molar refractivity (Wildman–Crippen MR) is 70.5 cm³/mol. The number of allylic oxidation sites excluding steroid dienone is 2. The molecule has 0 rings (SSSR count). The summed E-state index contributed by atoms with van der Waals surface area (Å²) in [4.78, 5) is 21.2. The third-order valence-electron chi connectivity index (χ3n) is 2.86. The molecule has 0 atom stereocenters. The van der Waals surface area contributed by atoms with E-state index in [-0.39, 0.29) is 6.42 Å². The van der Waals surface area contributed by atoms with E-state index >= 15 is 0 Å². The average molecular weight is 256 g/mol. The van der Waals surface area contributed by atoms with Crippen LogP contribution in [0.25, 0.3) is 0 Å². The highest BCUT2D eigenvalue weighted by Crippen LogP contribution is 2.09. The van der Waals surface area contributed by atoms with Crippen LogP contribution in [0.1, 0.15) is 58.3 Å². The minimum absolute atomic E-state index is 0.0699. The number of carbonyl (C=O) groups is 2. The molecule has 0 saturated heterocycles. The Morgan fingerprint density at radius 2 is 1.50 bits per heavy atom. The standard InChI is InChI=1S/C14H24O4/c1-2-3-4-5-6-7-8-9-10-11-12(13(15)16)14(17)18/h9-10,12H,2-8,11H2,1H3,(H,15,16)(H,17,18). The summed E-state index contributed by atoms with van der Waals surface area (Å²) >= 11 is 0. The van der Waals surface area contributed by atoms with E-state index in [1.54, 1.807) is 6.08 Å². The second-order valence-electron chi connectivity index (χ2n) is 4.49. The van der Waals surface area contributed by atoms with E-state index in [0.29, 0.717) is 0 Å². The summed E-state index contributed by atoms with van der Waals surface area (Å²) in [6.45, 7) is 2.18. The Kier molecular flexibility index (Phi) is 10.0. The summed E-state index contributed by atoms with van der Waals surface area (Å²) in [5.74, 6) is -3.86. The first kappa shape index (κ1) is 16.7. The smallest absolute Gasteiger partial charge is 0.318 e. The van der Waals surface area contributed by atoms with Crippen LogP contribution in [0.4, 0.5) is 0 Å². The fourth-order valence-corrected chi connectivity index (χ4v) is 1.70. The number of carboxylic acids is 2.